The molecule has 3 heterocycles. The van der Waals surface area contributed by atoms with Crippen molar-refractivity contribution in [3.05, 3.63) is 46.6 Å². The Kier molecular flexibility index (Phi) is 8.77. The van der Waals surface area contributed by atoms with Gasteiger partial charge in [-0.25, -0.2) is 14.8 Å². The van der Waals surface area contributed by atoms with Gasteiger partial charge in [0, 0.05) is 25.9 Å². The van der Waals surface area contributed by atoms with Crippen LogP contribution in [0.2, 0.25) is 0 Å². The monoisotopic (exact) mass is 568 g/mol. The Morgan fingerprint density at radius 1 is 1.12 bits per heavy atom. The quantitative estimate of drug-likeness (QED) is 0.422. The van der Waals surface area contributed by atoms with E-state index in [1.54, 1.807) is 42.2 Å². The van der Waals surface area contributed by atoms with Gasteiger partial charge in [0.1, 0.15) is 29.6 Å². The number of carbonyl (C=O) groups is 4. The molecule has 0 radical (unpaired) electrons. The minimum Gasteiger partial charge on any atom is -0.474 e. The first-order valence-electron chi connectivity index (χ1n) is 12.9. The van der Waals surface area contributed by atoms with Crippen LogP contribution in [0.3, 0.4) is 0 Å². The number of ether oxygens (including phenoxy) is 3. The number of thioether (sulfide) groups is 1. The van der Waals surface area contributed by atoms with Crippen molar-refractivity contribution in [3.8, 4) is 17.5 Å². The Hall–Kier alpha value is -3.93. The highest BCUT2D eigenvalue weighted by Crippen LogP contribution is 2.34. The molecule has 0 N–H and O–H groups in total. The van der Waals surface area contributed by atoms with Crippen LogP contribution in [0.4, 0.5) is 9.59 Å². The first-order chi connectivity index (χ1) is 18.9. The van der Waals surface area contributed by atoms with Crippen LogP contribution >= 0.6 is 11.8 Å². The van der Waals surface area contributed by atoms with Gasteiger partial charge in [-0.2, -0.15) is 0 Å². The summed E-state index contributed by atoms with van der Waals surface area (Å²) in [6.07, 6.45) is 3.78. The number of Topliss-reactive ketones (excluding diaryl/α,β-unsaturated/α-hetero) is 1. The van der Waals surface area contributed by atoms with Crippen molar-refractivity contribution in [2.24, 2.45) is 0 Å². The molecule has 2 fully saturated rings. The fraction of sp³-hybridized carbons (Fsp3) is 0.429. The lowest BCUT2D eigenvalue weighted by atomic mass is 10.1. The number of aromatic nitrogens is 2. The molecule has 2 aromatic rings. The summed E-state index contributed by atoms with van der Waals surface area (Å²) in [5, 5.41) is -0.474. The highest BCUT2D eigenvalue weighted by Gasteiger charge is 2.35. The number of piperidine rings is 1. The predicted molar refractivity (Wildman–Crippen MR) is 148 cm³/mol. The number of carbonyl (C=O) groups excluding carboxylic acids is 4. The van der Waals surface area contributed by atoms with Gasteiger partial charge in [0.05, 0.1) is 17.0 Å². The van der Waals surface area contributed by atoms with Crippen LogP contribution in [-0.2, 0) is 14.3 Å². The average Bonchev–Trinajstić information content (AvgIpc) is 3.13. The van der Waals surface area contributed by atoms with E-state index >= 15 is 0 Å². The normalized spacial score (nSPS) is 17.4. The second kappa shape index (κ2) is 12.1. The zero-order valence-electron chi connectivity index (χ0n) is 23.1. The molecule has 3 amide bonds. The molecule has 4 rings (SSSR count). The molecule has 11 nitrogen and oxygen atoms in total. The predicted octanol–water partition coefficient (Wildman–Crippen LogP) is 4.98. The van der Waals surface area contributed by atoms with Crippen LogP contribution in [0.5, 0.6) is 17.5 Å². The number of likely N-dealkylation sites (tertiary alicyclic amines) is 1. The number of ketones is 1. The van der Waals surface area contributed by atoms with Gasteiger partial charge in [-0.05, 0) is 70.2 Å². The van der Waals surface area contributed by atoms with Crippen molar-refractivity contribution >= 4 is 40.9 Å². The highest BCUT2D eigenvalue weighted by molar-refractivity contribution is 8.18. The summed E-state index contributed by atoms with van der Waals surface area (Å²) in [5.74, 6) is 0.414. The van der Waals surface area contributed by atoms with Gasteiger partial charge >= 0.3 is 6.09 Å². The van der Waals surface area contributed by atoms with E-state index in [0.717, 1.165) is 16.7 Å². The highest BCUT2D eigenvalue weighted by atomic mass is 32.2. The van der Waals surface area contributed by atoms with Gasteiger partial charge in [0.2, 0.25) is 11.8 Å². The maximum atomic E-state index is 12.6. The van der Waals surface area contributed by atoms with Gasteiger partial charge < -0.3 is 19.1 Å². The molecule has 2 aliphatic heterocycles. The fourth-order valence-electron chi connectivity index (χ4n) is 4.07. The van der Waals surface area contributed by atoms with Crippen molar-refractivity contribution < 1.29 is 33.4 Å². The van der Waals surface area contributed by atoms with Gasteiger partial charge in [-0.15, -0.1) is 0 Å². The molecule has 212 valence electrons. The number of rotatable bonds is 7. The number of nitrogens with zero attached hydrogens (tertiary/aromatic N) is 4. The summed E-state index contributed by atoms with van der Waals surface area (Å²) in [5.41, 5.74) is 0.720. The molecule has 0 spiro atoms. The van der Waals surface area contributed by atoms with E-state index in [0.29, 0.717) is 54.6 Å². The lowest BCUT2D eigenvalue weighted by Gasteiger charge is -2.33. The third-order valence-electron chi connectivity index (χ3n) is 5.99. The van der Waals surface area contributed by atoms with Crippen LogP contribution in [-0.4, -0.2) is 74.1 Å². The summed E-state index contributed by atoms with van der Waals surface area (Å²) < 4.78 is 17.6. The molecule has 40 heavy (non-hydrogen) atoms. The van der Waals surface area contributed by atoms with Crippen LogP contribution in [0.25, 0.3) is 6.08 Å². The van der Waals surface area contributed by atoms with Crippen molar-refractivity contribution in [1.82, 2.24) is 19.8 Å². The number of amides is 3. The maximum Gasteiger partial charge on any atom is 0.410 e. The molecule has 1 aromatic carbocycles. The third-order valence-corrected chi connectivity index (χ3v) is 6.90. The summed E-state index contributed by atoms with van der Waals surface area (Å²) >= 11 is 0.793. The van der Waals surface area contributed by atoms with Gasteiger partial charge in [-0.1, -0.05) is 12.1 Å². The lowest BCUT2D eigenvalue weighted by molar-refractivity contribution is -0.127. The van der Waals surface area contributed by atoms with Crippen LogP contribution in [0.1, 0.15) is 51.7 Å². The number of hydrogen-bond donors (Lipinski definition) is 0. The van der Waals surface area contributed by atoms with E-state index in [1.165, 1.54) is 13.3 Å². The van der Waals surface area contributed by atoms with Gasteiger partial charge in [-0.3, -0.25) is 19.3 Å². The Balaban J connectivity index is 1.40. The zero-order chi connectivity index (χ0) is 29.0. The fourth-order valence-corrected chi connectivity index (χ4v) is 4.91. The van der Waals surface area contributed by atoms with E-state index in [4.69, 9.17) is 14.2 Å². The maximum absolute atomic E-state index is 12.6. The molecule has 0 aliphatic carbocycles. The molecule has 12 heteroatoms. The lowest BCUT2D eigenvalue weighted by Crippen LogP contribution is -2.44. The average molecular weight is 569 g/mol. The Bertz CT molecular complexity index is 1350. The van der Waals surface area contributed by atoms with E-state index in [1.807, 2.05) is 20.8 Å². The largest absolute Gasteiger partial charge is 0.474 e. The first kappa shape index (κ1) is 29.1. The topological polar surface area (TPSA) is 128 Å². The molecular weight excluding hydrogens is 536 g/mol. The molecule has 0 atom stereocenters. The third kappa shape index (κ3) is 7.38. The SMILES string of the molecule is CC(=O)CN1C(=O)SC(=Cc2cccc(Oc3ncnc(OC4CCN(C(=O)OC(C)(C)C)CC4)c3C)c2)C1=O. The van der Waals surface area contributed by atoms with Crippen molar-refractivity contribution in [2.75, 3.05) is 19.6 Å². The minimum atomic E-state index is -0.543. The van der Waals surface area contributed by atoms with E-state index in [-0.39, 0.29) is 29.4 Å². The summed E-state index contributed by atoms with van der Waals surface area (Å²) in [6.45, 7) is 9.45. The van der Waals surface area contributed by atoms with E-state index in [9.17, 15) is 19.2 Å². The van der Waals surface area contributed by atoms with Crippen LogP contribution in [0, 0.1) is 6.92 Å². The minimum absolute atomic E-state index is 0.123. The Morgan fingerprint density at radius 3 is 2.50 bits per heavy atom. The summed E-state index contributed by atoms with van der Waals surface area (Å²) in [7, 11) is 0. The standard InChI is InChI=1S/C28H32N4O7S/c1-17(33)15-32-25(34)22(40-27(32)36)14-19-7-6-8-21(13-19)38-24-18(2)23(29-16-30-24)37-20-9-11-31(12-10-20)26(35)39-28(3,4)5/h6-8,13-14,16,20H,9-12,15H2,1-5H3. The summed E-state index contributed by atoms with van der Waals surface area (Å²) in [6, 6.07) is 6.99. The number of imide groups is 1. The molecule has 0 saturated carbocycles. The number of benzene rings is 1. The Labute approximate surface area is 236 Å². The zero-order valence-corrected chi connectivity index (χ0v) is 23.9. The second-order valence-corrected chi connectivity index (χ2v) is 11.5. The first-order valence-corrected chi connectivity index (χ1v) is 13.7. The van der Waals surface area contributed by atoms with Crippen molar-refractivity contribution in [2.45, 2.75) is 59.2 Å². The van der Waals surface area contributed by atoms with Crippen molar-refractivity contribution in [3.63, 3.8) is 0 Å². The molecule has 2 saturated heterocycles. The second-order valence-electron chi connectivity index (χ2n) is 10.5. The summed E-state index contributed by atoms with van der Waals surface area (Å²) in [4.78, 5) is 59.8. The van der Waals surface area contributed by atoms with Crippen molar-refractivity contribution in [1.29, 1.82) is 0 Å². The van der Waals surface area contributed by atoms with Gasteiger partial charge in [0.15, 0.2) is 0 Å². The van der Waals surface area contributed by atoms with E-state index < -0.39 is 16.7 Å². The molecule has 2 aliphatic rings. The number of hydrogen-bond acceptors (Lipinski definition) is 10. The smallest absolute Gasteiger partial charge is 0.410 e. The molecule has 0 bridgehead atoms. The van der Waals surface area contributed by atoms with Gasteiger partial charge in [0.25, 0.3) is 11.1 Å². The van der Waals surface area contributed by atoms with E-state index in [2.05, 4.69) is 9.97 Å². The van der Waals surface area contributed by atoms with Crippen LogP contribution in [0.15, 0.2) is 35.5 Å². The Morgan fingerprint density at radius 2 is 1.82 bits per heavy atom. The molecule has 0 unspecified atom stereocenters. The molecule has 1 aromatic heterocycles. The van der Waals surface area contributed by atoms with Crippen LogP contribution < -0.4 is 9.47 Å². The molecular formula is C28H32N4O7S.